The zero-order chi connectivity index (χ0) is 19.2. The number of benzene rings is 1. The van der Waals surface area contributed by atoms with E-state index < -0.39 is 0 Å². The SMILES string of the molecule is CC(C)(C)c1ccc2c(c1)[C@H]1O[C@@H](CO)CC[C@H]1[C@H](C1C=CC(F)=CC1)N2. The molecule has 0 saturated carbocycles. The molecule has 3 nitrogen and oxygen atoms in total. The fourth-order valence-electron chi connectivity index (χ4n) is 4.70. The first kappa shape index (κ1) is 18.7. The van der Waals surface area contributed by atoms with Gasteiger partial charge in [0, 0.05) is 29.1 Å². The number of hydrogen-bond donors (Lipinski definition) is 2. The van der Waals surface area contributed by atoms with Crippen LogP contribution in [0.4, 0.5) is 10.1 Å². The highest BCUT2D eigenvalue weighted by Crippen LogP contribution is 2.48. The second-order valence-electron chi connectivity index (χ2n) is 9.17. The van der Waals surface area contributed by atoms with Gasteiger partial charge in [0.05, 0.1) is 18.8 Å². The van der Waals surface area contributed by atoms with Crippen LogP contribution in [0.2, 0.25) is 0 Å². The monoisotopic (exact) mass is 371 g/mol. The van der Waals surface area contributed by atoms with E-state index in [1.807, 2.05) is 6.08 Å². The molecule has 146 valence electrons. The van der Waals surface area contributed by atoms with E-state index in [2.05, 4.69) is 44.3 Å². The molecule has 1 fully saturated rings. The molecule has 0 spiro atoms. The zero-order valence-electron chi connectivity index (χ0n) is 16.4. The van der Waals surface area contributed by atoms with Gasteiger partial charge in [0.25, 0.3) is 0 Å². The van der Waals surface area contributed by atoms with Crippen molar-refractivity contribution in [3.63, 3.8) is 0 Å². The number of hydrogen-bond acceptors (Lipinski definition) is 3. The molecule has 2 aliphatic heterocycles. The number of allylic oxidation sites excluding steroid dienone is 3. The maximum absolute atomic E-state index is 13.5. The molecule has 2 heterocycles. The molecular weight excluding hydrogens is 341 g/mol. The summed E-state index contributed by atoms with van der Waals surface area (Å²) in [5.41, 5.74) is 3.66. The normalized spacial score (nSPS) is 32.9. The van der Waals surface area contributed by atoms with Crippen LogP contribution in [-0.2, 0) is 10.2 Å². The van der Waals surface area contributed by atoms with Crippen molar-refractivity contribution in [2.75, 3.05) is 11.9 Å². The van der Waals surface area contributed by atoms with Gasteiger partial charge in [-0.1, -0.05) is 39.0 Å². The lowest BCUT2D eigenvalue weighted by atomic mass is 9.72. The van der Waals surface area contributed by atoms with Gasteiger partial charge in [0.15, 0.2) is 0 Å². The lowest BCUT2D eigenvalue weighted by molar-refractivity contribution is -0.112. The van der Waals surface area contributed by atoms with Crippen LogP contribution in [0.3, 0.4) is 0 Å². The average Bonchev–Trinajstić information content (AvgIpc) is 2.66. The van der Waals surface area contributed by atoms with Gasteiger partial charge in [0.2, 0.25) is 0 Å². The Morgan fingerprint density at radius 2 is 2.07 bits per heavy atom. The summed E-state index contributed by atoms with van der Waals surface area (Å²) >= 11 is 0. The largest absolute Gasteiger partial charge is 0.394 e. The fraction of sp³-hybridized carbons (Fsp3) is 0.565. The minimum atomic E-state index is -0.144. The molecule has 0 bridgehead atoms. The first-order valence-corrected chi connectivity index (χ1v) is 10.1. The van der Waals surface area contributed by atoms with Crippen LogP contribution in [-0.4, -0.2) is 23.9 Å². The summed E-state index contributed by atoms with van der Waals surface area (Å²) in [6.07, 6.45) is 7.72. The van der Waals surface area contributed by atoms with Crippen molar-refractivity contribution >= 4 is 5.69 Å². The Morgan fingerprint density at radius 3 is 2.74 bits per heavy atom. The predicted molar refractivity (Wildman–Crippen MR) is 106 cm³/mol. The van der Waals surface area contributed by atoms with E-state index in [4.69, 9.17) is 4.74 Å². The first-order chi connectivity index (χ1) is 12.9. The Labute approximate surface area is 161 Å². The highest BCUT2D eigenvalue weighted by Gasteiger charge is 2.44. The van der Waals surface area contributed by atoms with E-state index in [1.54, 1.807) is 12.2 Å². The van der Waals surface area contributed by atoms with Gasteiger partial charge in [0.1, 0.15) is 5.83 Å². The third kappa shape index (κ3) is 3.57. The fourth-order valence-corrected chi connectivity index (χ4v) is 4.70. The molecule has 1 saturated heterocycles. The van der Waals surface area contributed by atoms with Gasteiger partial charge in [-0.25, -0.2) is 4.39 Å². The molecule has 5 atom stereocenters. The smallest absolute Gasteiger partial charge is 0.118 e. The van der Waals surface area contributed by atoms with Crippen molar-refractivity contribution < 1.29 is 14.2 Å². The zero-order valence-corrected chi connectivity index (χ0v) is 16.4. The standard InChI is InChI=1S/C23H30FNO2/c1-23(2,3)15-6-11-20-19(12-15)22-18(10-9-17(13-26)27-22)21(25-20)14-4-7-16(24)8-5-14/h4,6-8,11-12,14,17-18,21-22,25-26H,5,9-10,13H2,1-3H3/t14?,17-,18+,21+,22+/m1/s1. The number of rotatable bonds is 2. The van der Waals surface area contributed by atoms with Crippen LogP contribution in [0.5, 0.6) is 0 Å². The molecule has 1 aromatic carbocycles. The Kier molecular flexibility index (Phi) is 4.89. The highest BCUT2D eigenvalue weighted by molar-refractivity contribution is 5.58. The van der Waals surface area contributed by atoms with E-state index in [0.29, 0.717) is 12.3 Å². The molecule has 1 aliphatic carbocycles. The van der Waals surface area contributed by atoms with Gasteiger partial charge < -0.3 is 15.2 Å². The Hall–Kier alpha value is -1.65. The third-order valence-corrected chi connectivity index (χ3v) is 6.31. The predicted octanol–water partition coefficient (Wildman–Crippen LogP) is 5.04. The summed E-state index contributed by atoms with van der Waals surface area (Å²) in [6, 6.07) is 6.83. The van der Waals surface area contributed by atoms with Gasteiger partial charge >= 0.3 is 0 Å². The van der Waals surface area contributed by atoms with E-state index >= 15 is 0 Å². The first-order valence-electron chi connectivity index (χ1n) is 10.1. The summed E-state index contributed by atoms with van der Waals surface area (Å²) in [6.45, 7) is 6.72. The van der Waals surface area contributed by atoms with Crippen molar-refractivity contribution in [2.45, 2.75) is 63.7 Å². The van der Waals surface area contributed by atoms with Gasteiger partial charge in [-0.3, -0.25) is 0 Å². The molecular formula is C23H30FNO2. The van der Waals surface area contributed by atoms with Crippen LogP contribution >= 0.6 is 0 Å². The lowest BCUT2D eigenvalue weighted by Gasteiger charge is -2.47. The number of anilines is 1. The van der Waals surface area contributed by atoms with Crippen LogP contribution in [0.15, 0.2) is 42.3 Å². The van der Waals surface area contributed by atoms with Gasteiger partial charge in [-0.2, -0.15) is 0 Å². The van der Waals surface area contributed by atoms with Crippen molar-refractivity contribution in [2.24, 2.45) is 11.8 Å². The number of aliphatic hydroxyl groups excluding tert-OH is 1. The number of aliphatic hydroxyl groups is 1. The molecule has 1 aromatic rings. The van der Waals surface area contributed by atoms with Crippen LogP contribution < -0.4 is 5.32 Å². The van der Waals surface area contributed by atoms with Crippen molar-refractivity contribution in [3.8, 4) is 0 Å². The van der Waals surface area contributed by atoms with E-state index in [1.165, 1.54) is 11.1 Å². The van der Waals surface area contributed by atoms with Gasteiger partial charge in [-0.05, 0) is 48.5 Å². The quantitative estimate of drug-likeness (QED) is 0.765. The summed E-state index contributed by atoms with van der Waals surface area (Å²) < 4.78 is 19.8. The molecule has 0 aromatic heterocycles. The molecule has 4 rings (SSSR count). The maximum atomic E-state index is 13.5. The molecule has 27 heavy (non-hydrogen) atoms. The summed E-state index contributed by atoms with van der Waals surface area (Å²) in [7, 11) is 0. The van der Waals surface area contributed by atoms with E-state index in [9.17, 15) is 9.50 Å². The highest BCUT2D eigenvalue weighted by atomic mass is 19.1. The minimum absolute atomic E-state index is 0.0244. The van der Waals surface area contributed by atoms with Gasteiger partial charge in [-0.15, -0.1) is 0 Å². The molecule has 0 amide bonds. The molecule has 0 radical (unpaired) electrons. The van der Waals surface area contributed by atoms with Crippen molar-refractivity contribution in [3.05, 3.63) is 53.4 Å². The number of halogens is 1. The second kappa shape index (κ2) is 7.06. The third-order valence-electron chi connectivity index (χ3n) is 6.31. The summed E-state index contributed by atoms with van der Waals surface area (Å²) in [5, 5.41) is 13.4. The summed E-state index contributed by atoms with van der Waals surface area (Å²) in [4.78, 5) is 0. The van der Waals surface area contributed by atoms with Crippen molar-refractivity contribution in [1.82, 2.24) is 0 Å². The van der Waals surface area contributed by atoms with E-state index in [0.717, 1.165) is 18.5 Å². The number of fused-ring (bicyclic) bond motifs is 3. The molecule has 1 unspecified atom stereocenters. The second-order valence-corrected chi connectivity index (χ2v) is 9.17. The topological polar surface area (TPSA) is 41.5 Å². The van der Waals surface area contributed by atoms with E-state index in [-0.39, 0.29) is 42.0 Å². The van der Waals surface area contributed by atoms with Crippen molar-refractivity contribution in [1.29, 1.82) is 0 Å². The lowest BCUT2D eigenvalue weighted by Crippen LogP contribution is -2.47. The maximum Gasteiger partial charge on any atom is 0.118 e. The molecule has 4 heteroatoms. The van der Waals surface area contributed by atoms with Crippen LogP contribution in [0, 0.1) is 11.8 Å². The van der Waals surface area contributed by atoms with Crippen LogP contribution in [0.25, 0.3) is 0 Å². The summed E-state index contributed by atoms with van der Waals surface area (Å²) in [5.74, 6) is 0.426. The average molecular weight is 371 g/mol. The van der Waals surface area contributed by atoms with Crippen LogP contribution in [0.1, 0.15) is 57.3 Å². The minimum Gasteiger partial charge on any atom is -0.394 e. The Morgan fingerprint density at radius 1 is 1.26 bits per heavy atom. The number of ether oxygens (including phenoxy) is 1. The molecule has 3 aliphatic rings. The molecule has 2 N–H and O–H groups in total. The Bertz CT molecular complexity index is 764. The number of nitrogens with one attached hydrogen (secondary N) is 1. The Balaban J connectivity index is 1.71.